The molecule has 3 saturated carbocycles. The van der Waals surface area contributed by atoms with E-state index >= 15 is 0 Å². The Labute approximate surface area is 138 Å². The molecule has 2 N–H and O–H groups in total. The van der Waals surface area contributed by atoms with Gasteiger partial charge in [0.15, 0.2) is 0 Å². The van der Waals surface area contributed by atoms with E-state index in [2.05, 4.69) is 13.8 Å². The van der Waals surface area contributed by atoms with E-state index in [1.54, 1.807) is 0 Å². The van der Waals surface area contributed by atoms with Gasteiger partial charge in [-0.1, -0.05) is 13.8 Å². The largest absolute Gasteiger partial charge is 0.465 e. The van der Waals surface area contributed by atoms with Crippen molar-refractivity contribution in [2.75, 3.05) is 6.61 Å². The SMILES string of the molecule is CC12COC(=O)CC1CCC1C2CCC2(C)C1CC(O)C2(C)O. The number of rotatable bonds is 0. The minimum atomic E-state index is -0.987. The van der Waals surface area contributed by atoms with Crippen LogP contribution < -0.4 is 0 Å². The average molecular weight is 322 g/mol. The summed E-state index contributed by atoms with van der Waals surface area (Å²) >= 11 is 0. The number of aliphatic hydroxyl groups is 2. The molecule has 0 spiro atoms. The summed E-state index contributed by atoms with van der Waals surface area (Å²) in [6.45, 7) is 6.88. The molecule has 1 aliphatic heterocycles. The number of hydrogen-bond acceptors (Lipinski definition) is 4. The van der Waals surface area contributed by atoms with E-state index in [4.69, 9.17) is 4.74 Å². The Bertz CT molecular complexity index is 529. The number of hydrogen-bond donors (Lipinski definition) is 2. The second kappa shape index (κ2) is 4.72. The van der Waals surface area contributed by atoms with Gasteiger partial charge in [0, 0.05) is 17.3 Å². The van der Waals surface area contributed by atoms with E-state index in [0.29, 0.717) is 43.1 Å². The molecule has 4 nitrogen and oxygen atoms in total. The molecule has 8 atom stereocenters. The molecule has 8 unspecified atom stereocenters. The van der Waals surface area contributed by atoms with Crippen molar-refractivity contribution in [3.05, 3.63) is 0 Å². The van der Waals surface area contributed by atoms with Crippen LogP contribution in [0, 0.1) is 34.5 Å². The average Bonchev–Trinajstić information content (AvgIpc) is 2.67. The second-order valence-corrected chi connectivity index (χ2v) is 9.38. The molecule has 23 heavy (non-hydrogen) atoms. The predicted molar refractivity (Wildman–Crippen MR) is 85.5 cm³/mol. The molecule has 0 amide bonds. The number of esters is 1. The lowest BCUT2D eigenvalue weighted by molar-refractivity contribution is -0.189. The minimum absolute atomic E-state index is 0.0363. The highest BCUT2D eigenvalue weighted by Gasteiger charge is 2.66. The summed E-state index contributed by atoms with van der Waals surface area (Å²) in [5.74, 6) is 1.87. The Kier molecular flexibility index (Phi) is 3.26. The van der Waals surface area contributed by atoms with Crippen molar-refractivity contribution >= 4 is 5.97 Å². The quantitative estimate of drug-likeness (QED) is 0.673. The van der Waals surface area contributed by atoms with Crippen LogP contribution in [0.25, 0.3) is 0 Å². The lowest BCUT2D eigenvalue weighted by Crippen LogP contribution is -2.58. The number of cyclic esters (lactones) is 1. The Balaban J connectivity index is 1.66. The van der Waals surface area contributed by atoms with Crippen molar-refractivity contribution < 1.29 is 19.7 Å². The summed E-state index contributed by atoms with van der Waals surface area (Å²) in [5.41, 5.74) is -1.10. The lowest BCUT2D eigenvalue weighted by atomic mass is 9.46. The zero-order chi connectivity index (χ0) is 16.6. The summed E-state index contributed by atoms with van der Waals surface area (Å²) < 4.78 is 5.46. The van der Waals surface area contributed by atoms with Crippen LogP contribution in [0.15, 0.2) is 0 Å². The van der Waals surface area contributed by atoms with Crippen LogP contribution in [0.2, 0.25) is 0 Å². The Morgan fingerprint density at radius 3 is 2.61 bits per heavy atom. The molecule has 1 heterocycles. The molecule has 1 saturated heterocycles. The normalized spacial score (nSPS) is 58.8. The third kappa shape index (κ3) is 1.88. The van der Waals surface area contributed by atoms with Gasteiger partial charge in [0.2, 0.25) is 0 Å². The van der Waals surface area contributed by atoms with Crippen LogP contribution in [0.1, 0.15) is 59.3 Å². The van der Waals surface area contributed by atoms with Crippen molar-refractivity contribution in [2.45, 2.75) is 71.0 Å². The highest BCUT2D eigenvalue weighted by molar-refractivity contribution is 5.70. The van der Waals surface area contributed by atoms with Gasteiger partial charge in [-0.2, -0.15) is 0 Å². The van der Waals surface area contributed by atoms with Crippen molar-refractivity contribution in [3.8, 4) is 0 Å². The maximum absolute atomic E-state index is 11.7. The van der Waals surface area contributed by atoms with Crippen LogP contribution in [0.4, 0.5) is 0 Å². The predicted octanol–water partition coefficient (Wildman–Crippen LogP) is 2.51. The zero-order valence-electron chi connectivity index (χ0n) is 14.5. The molecule has 0 aromatic rings. The van der Waals surface area contributed by atoms with Gasteiger partial charge in [0.1, 0.15) is 0 Å². The van der Waals surface area contributed by atoms with Crippen molar-refractivity contribution in [2.24, 2.45) is 34.5 Å². The number of carbonyl (C=O) groups excluding carboxylic acids is 1. The van der Waals surface area contributed by atoms with Gasteiger partial charge in [0.05, 0.1) is 18.3 Å². The smallest absolute Gasteiger partial charge is 0.306 e. The standard InChI is InChI=1S/C19H30O4/c1-17-10-23-16(21)8-11(17)4-5-12-13(17)6-7-18(2)14(12)9-15(20)19(18,3)22/h11-15,20,22H,4-10H2,1-3H3. The van der Waals surface area contributed by atoms with E-state index in [1.165, 1.54) is 0 Å². The molecule has 0 bridgehead atoms. The molecule has 0 aromatic carbocycles. The summed E-state index contributed by atoms with van der Waals surface area (Å²) in [7, 11) is 0. The van der Waals surface area contributed by atoms with E-state index in [9.17, 15) is 15.0 Å². The fourth-order valence-corrected chi connectivity index (χ4v) is 6.83. The maximum atomic E-state index is 11.7. The lowest BCUT2D eigenvalue weighted by Gasteiger charge is -2.60. The van der Waals surface area contributed by atoms with Crippen LogP contribution in [-0.4, -0.2) is 34.5 Å². The van der Waals surface area contributed by atoms with Crippen molar-refractivity contribution in [1.29, 1.82) is 0 Å². The van der Waals surface area contributed by atoms with Crippen molar-refractivity contribution in [1.82, 2.24) is 0 Å². The van der Waals surface area contributed by atoms with E-state index in [-0.39, 0.29) is 16.8 Å². The third-order valence-corrected chi connectivity index (χ3v) is 8.69. The van der Waals surface area contributed by atoms with E-state index in [1.807, 2.05) is 6.92 Å². The highest BCUT2D eigenvalue weighted by Crippen LogP contribution is 2.67. The highest BCUT2D eigenvalue weighted by atomic mass is 16.5. The van der Waals surface area contributed by atoms with Gasteiger partial charge in [-0.3, -0.25) is 4.79 Å². The zero-order valence-corrected chi connectivity index (χ0v) is 14.5. The van der Waals surface area contributed by atoms with E-state index < -0.39 is 11.7 Å². The van der Waals surface area contributed by atoms with E-state index in [0.717, 1.165) is 25.7 Å². The minimum Gasteiger partial charge on any atom is -0.465 e. The maximum Gasteiger partial charge on any atom is 0.306 e. The number of ether oxygens (including phenoxy) is 1. The summed E-state index contributed by atoms with van der Waals surface area (Å²) in [4.78, 5) is 11.7. The summed E-state index contributed by atoms with van der Waals surface area (Å²) in [6, 6.07) is 0. The molecule has 4 heteroatoms. The molecule has 3 aliphatic carbocycles. The van der Waals surface area contributed by atoms with Gasteiger partial charge in [-0.25, -0.2) is 0 Å². The van der Waals surface area contributed by atoms with Crippen molar-refractivity contribution in [3.63, 3.8) is 0 Å². The molecule has 4 rings (SSSR count). The fourth-order valence-electron chi connectivity index (χ4n) is 6.83. The number of fused-ring (bicyclic) bond motifs is 5. The molecular formula is C19H30O4. The summed E-state index contributed by atoms with van der Waals surface area (Å²) in [6.07, 6.45) is 4.90. The molecule has 0 aromatic heterocycles. The van der Waals surface area contributed by atoms with Crippen LogP contribution >= 0.6 is 0 Å². The topological polar surface area (TPSA) is 66.8 Å². The van der Waals surface area contributed by atoms with Gasteiger partial charge < -0.3 is 14.9 Å². The third-order valence-electron chi connectivity index (χ3n) is 8.69. The van der Waals surface area contributed by atoms with Crippen LogP contribution in [0.5, 0.6) is 0 Å². The Morgan fingerprint density at radius 2 is 1.87 bits per heavy atom. The molecular weight excluding hydrogens is 292 g/mol. The van der Waals surface area contributed by atoms with Crippen LogP contribution in [0.3, 0.4) is 0 Å². The first-order valence-corrected chi connectivity index (χ1v) is 9.26. The molecule has 4 fully saturated rings. The van der Waals surface area contributed by atoms with Gasteiger partial charge in [0.25, 0.3) is 0 Å². The van der Waals surface area contributed by atoms with Gasteiger partial charge in [-0.15, -0.1) is 0 Å². The Morgan fingerprint density at radius 1 is 1.13 bits per heavy atom. The molecule has 130 valence electrons. The summed E-state index contributed by atoms with van der Waals surface area (Å²) in [5, 5.41) is 21.4. The molecule has 4 aliphatic rings. The van der Waals surface area contributed by atoms with Gasteiger partial charge in [-0.05, 0) is 62.7 Å². The number of aliphatic hydroxyl groups excluding tert-OH is 1. The van der Waals surface area contributed by atoms with Gasteiger partial charge >= 0.3 is 5.97 Å². The second-order valence-electron chi connectivity index (χ2n) is 9.38. The first-order valence-electron chi connectivity index (χ1n) is 9.26. The fraction of sp³-hybridized carbons (Fsp3) is 0.947. The monoisotopic (exact) mass is 322 g/mol. The molecule has 0 radical (unpaired) electrons. The van der Waals surface area contributed by atoms with Crippen LogP contribution in [-0.2, 0) is 9.53 Å². The first kappa shape index (κ1) is 15.9. The first-order chi connectivity index (χ1) is 10.7. The number of carbonyl (C=O) groups is 1. The Hall–Kier alpha value is -0.610.